The summed E-state index contributed by atoms with van der Waals surface area (Å²) in [7, 11) is 0. The maximum atomic E-state index is 12.4. The van der Waals surface area contributed by atoms with Crippen LogP contribution in [0.25, 0.3) is 0 Å². The Bertz CT molecular complexity index is 731. The van der Waals surface area contributed by atoms with Crippen LogP contribution in [0.5, 0.6) is 0 Å². The first kappa shape index (κ1) is 19.9. The summed E-state index contributed by atoms with van der Waals surface area (Å²) < 4.78 is 0. The number of halogens is 1. The van der Waals surface area contributed by atoms with E-state index in [0.717, 1.165) is 23.7 Å². The summed E-state index contributed by atoms with van der Waals surface area (Å²) in [6, 6.07) is 18.3. The number of carbonyl (C=O) groups is 1. The molecular formula is C22H28ClN3O. The molecule has 0 saturated carbocycles. The van der Waals surface area contributed by atoms with Crippen LogP contribution in [0.2, 0.25) is 5.02 Å². The van der Waals surface area contributed by atoms with Crippen molar-refractivity contribution >= 4 is 17.5 Å². The zero-order chi connectivity index (χ0) is 19.1. The van der Waals surface area contributed by atoms with Crippen LogP contribution in [0.3, 0.4) is 0 Å². The van der Waals surface area contributed by atoms with E-state index in [4.69, 9.17) is 11.6 Å². The van der Waals surface area contributed by atoms with Crippen molar-refractivity contribution in [2.24, 2.45) is 0 Å². The molecular weight excluding hydrogens is 358 g/mol. The molecule has 0 aliphatic carbocycles. The third-order valence-corrected chi connectivity index (χ3v) is 5.55. The normalized spacial score (nSPS) is 16.8. The van der Waals surface area contributed by atoms with Crippen LogP contribution in [0.15, 0.2) is 54.6 Å². The lowest BCUT2D eigenvalue weighted by Gasteiger charge is -2.29. The highest BCUT2D eigenvalue weighted by Crippen LogP contribution is 2.29. The molecule has 2 aromatic carbocycles. The molecule has 5 heteroatoms. The number of hydrogen-bond acceptors (Lipinski definition) is 3. The van der Waals surface area contributed by atoms with Crippen LogP contribution >= 0.6 is 11.6 Å². The van der Waals surface area contributed by atoms with Crippen molar-refractivity contribution in [3.63, 3.8) is 0 Å². The van der Waals surface area contributed by atoms with Crippen LogP contribution in [0.4, 0.5) is 0 Å². The molecule has 2 N–H and O–H groups in total. The Hall–Kier alpha value is -1.88. The van der Waals surface area contributed by atoms with Gasteiger partial charge in [-0.25, -0.2) is 0 Å². The fraction of sp³-hybridized carbons (Fsp3) is 0.409. The molecule has 3 rings (SSSR count). The maximum Gasteiger partial charge on any atom is 0.234 e. The van der Waals surface area contributed by atoms with Gasteiger partial charge in [-0.15, -0.1) is 0 Å². The molecule has 1 heterocycles. The summed E-state index contributed by atoms with van der Waals surface area (Å²) in [5.41, 5.74) is 2.27. The third kappa shape index (κ3) is 5.55. The van der Waals surface area contributed by atoms with Gasteiger partial charge >= 0.3 is 0 Å². The Balaban J connectivity index is 1.55. The summed E-state index contributed by atoms with van der Waals surface area (Å²) in [5.74, 6) is 0.00836. The minimum atomic E-state index is 0.00836. The summed E-state index contributed by atoms with van der Waals surface area (Å²) in [6.07, 6.45) is 2.40. The number of nitrogens with one attached hydrogen (secondary N) is 2. The molecule has 1 aliphatic heterocycles. The Morgan fingerprint density at radius 2 is 1.74 bits per heavy atom. The van der Waals surface area contributed by atoms with Gasteiger partial charge in [-0.05, 0) is 50.0 Å². The summed E-state index contributed by atoms with van der Waals surface area (Å²) in [5, 5.41) is 7.15. The molecule has 2 unspecified atom stereocenters. The molecule has 0 radical (unpaired) electrons. The molecule has 0 spiro atoms. The van der Waals surface area contributed by atoms with Gasteiger partial charge < -0.3 is 10.6 Å². The van der Waals surface area contributed by atoms with Gasteiger partial charge in [-0.2, -0.15) is 0 Å². The number of amides is 1. The largest absolute Gasteiger partial charge is 0.353 e. The molecule has 4 nitrogen and oxygen atoms in total. The predicted molar refractivity (Wildman–Crippen MR) is 111 cm³/mol. The van der Waals surface area contributed by atoms with E-state index in [2.05, 4.69) is 40.7 Å². The first-order valence-electron chi connectivity index (χ1n) is 9.68. The van der Waals surface area contributed by atoms with Gasteiger partial charge in [-0.3, -0.25) is 9.69 Å². The third-order valence-electron chi connectivity index (χ3n) is 5.21. The summed E-state index contributed by atoms with van der Waals surface area (Å²) >= 11 is 6.43. The smallest absolute Gasteiger partial charge is 0.234 e. The molecule has 1 amide bonds. The first-order valence-corrected chi connectivity index (χ1v) is 10.1. The van der Waals surface area contributed by atoms with E-state index >= 15 is 0 Å². The number of rotatable bonds is 8. The van der Waals surface area contributed by atoms with E-state index in [1.165, 1.54) is 18.4 Å². The minimum Gasteiger partial charge on any atom is -0.353 e. The number of likely N-dealkylation sites (tertiary alicyclic amines) is 1. The highest BCUT2D eigenvalue weighted by atomic mass is 35.5. The summed E-state index contributed by atoms with van der Waals surface area (Å²) in [4.78, 5) is 14.8. The van der Waals surface area contributed by atoms with Crippen LogP contribution in [0, 0.1) is 0 Å². The average molecular weight is 386 g/mol. The van der Waals surface area contributed by atoms with Crippen LogP contribution in [-0.4, -0.2) is 37.0 Å². The molecule has 1 aliphatic rings. The molecule has 2 atom stereocenters. The van der Waals surface area contributed by atoms with E-state index in [-0.39, 0.29) is 18.0 Å². The SMILES string of the molecule is CC(NCC(=O)NCC(c1ccccc1Cl)N1CCCC1)c1ccccc1. The van der Waals surface area contributed by atoms with Crippen molar-refractivity contribution in [2.45, 2.75) is 31.8 Å². The second kappa shape index (κ2) is 9.88. The van der Waals surface area contributed by atoms with Crippen molar-refractivity contribution in [2.75, 3.05) is 26.2 Å². The lowest BCUT2D eigenvalue weighted by Crippen LogP contribution is -2.40. The molecule has 144 valence electrons. The predicted octanol–water partition coefficient (Wildman–Crippen LogP) is 3.94. The van der Waals surface area contributed by atoms with Crippen molar-refractivity contribution in [1.82, 2.24) is 15.5 Å². The van der Waals surface area contributed by atoms with Crippen molar-refractivity contribution in [3.05, 3.63) is 70.7 Å². The number of benzene rings is 2. The topological polar surface area (TPSA) is 44.4 Å². The summed E-state index contributed by atoms with van der Waals surface area (Å²) in [6.45, 7) is 5.04. The van der Waals surface area contributed by atoms with E-state index in [9.17, 15) is 4.79 Å². The second-order valence-corrected chi connectivity index (χ2v) is 7.50. The van der Waals surface area contributed by atoms with Crippen LogP contribution < -0.4 is 10.6 Å². The Kier molecular flexibility index (Phi) is 7.27. The fourth-order valence-corrected chi connectivity index (χ4v) is 3.87. The van der Waals surface area contributed by atoms with Gasteiger partial charge in [0.05, 0.1) is 12.6 Å². The molecule has 27 heavy (non-hydrogen) atoms. The van der Waals surface area contributed by atoms with E-state index in [1.54, 1.807) is 0 Å². The van der Waals surface area contributed by atoms with Gasteiger partial charge in [-0.1, -0.05) is 60.1 Å². The molecule has 0 bridgehead atoms. The van der Waals surface area contributed by atoms with E-state index < -0.39 is 0 Å². The van der Waals surface area contributed by atoms with Gasteiger partial charge in [0, 0.05) is 17.6 Å². The Labute approximate surface area is 166 Å². The molecule has 1 fully saturated rings. The van der Waals surface area contributed by atoms with Crippen LogP contribution in [0.1, 0.15) is 43.0 Å². The quantitative estimate of drug-likeness (QED) is 0.723. The zero-order valence-electron chi connectivity index (χ0n) is 15.8. The first-order chi connectivity index (χ1) is 13.1. The zero-order valence-corrected chi connectivity index (χ0v) is 16.6. The maximum absolute atomic E-state index is 12.4. The minimum absolute atomic E-state index is 0.00836. The standard InChI is InChI=1S/C22H28ClN3O/c1-17(18-9-3-2-4-10-18)24-16-22(27)25-15-21(26-13-7-8-14-26)19-11-5-6-12-20(19)23/h2-6,9-12,17,21,24H,7-8,13-16H2,1H3,(H,25,27). The van der Waals surface area contributed by atoms with Crippen molar-refractivity contribution in [3.8, 4) is 0 Å². The van der Waals surface area contributed by atoms with Gasteiger partial charge in [0.25, 0.3) is 0 Å². The Morgan fingerprint density at radius 1 is 1.07 bits per heavy atom. The number of nitrogens with zero attached hydrogens (tertiary/aromatic N) is 1. The lowest BCUT2D eigenvalue weighted by molar-refractivity contribution is -0.120. The Morgan fingerprint density at radius 3 is 2.44 bits per heavy atom. The van der Waals surface area contributed by atoms with E-state index in [0.29, 0.717) is 13.1 Å². The van der Waals surface area contributed by atoms with Gasteiger partial charge in [0.2, 0.25) is 5.91 Å². The average Bonchev–Trinajstić information content (AvgIpc) is 3.23. The van der Waals surface area contributed by atoms with Crippen LogP contribution in [-0.2, 0) is 4.79 Å². The highest BCUT2D eigenvalue weighted by molar-refractivity contribution is 6.31. The fourth-order valence-electron chi connectivity index (χ4n) is 3.61. The second-order valence-electron chi connectivity index (χ2n) is 7.10. The molecule has 2 aromatic rings. The lowest BCUT2D eigenvalue weighted by atomic mass is 10.1. The van der Waals surface area contributed by atoms with Crippen molar-refractivity contribution in [1.29, 1.82) is 0 Å². The number of hydrogen-bond donors (Lipinski definition) is 2. The highest BCUT2D eigenvalue weighted by Gasteiger charge is 2.25. The van der Waals surface area contributed by atoms with Gasteiger partial charge in [0.15, 0.2) is 0 Å². The van der Waals surface area contributed by atoms with Gasteiger partial charge in [0.1, 0.15) is 0 Å². The van der Waals surface area contributed by atoms with Crippen molar-refractivity contribution < 1.29 is 4.79 Å². The number of carbonyl (C=O) groups excluding carboxylic acids is 1. The molecule has 1 saturated heterocycles. The van der Waals surface area contributed by atoms with E-state index in [1.807, 2.05) is 36.4 Å². The molecule has 0 aromatic heterocycles. The monoisotopic (exact) mass is 385 g/mol.